The normalized spacial score (nSPS) is 11.7. The number of aromatic nitrogens is 5. The van der Waals surface area contributed by atoms with Crippen LogP contribution in [0.3, 0.4) is 0 Å². The van der Waals surface area contributed by atoms with Crippen LogP contribution in [0.25, 0.3) is 5.69 Å². The second-order valence-electron chi connectivity index (χ2n) is 5.19. The van der Waals surface area contributed by atoms with Crippen molar-refractivity contribution in [3.63, 3.8) is 0 Å². The fraction of sp³-hybridized carbons (Fsp3) is 0.267. The molecule has 0 aliphatic rings. The fourth-order valence-electron chi connectivity index (χ4n) is 2.35. The van der Waals surface area contributed by atoms with Gasteiger partial charge in [0.05, 0.1) is 11.4 Å². The summed E-state index contributed by atoms with van der Waals surface area (Å²) in [7, 11) is -3.65. The van der Waals surface area contributed by atoms with Crippen LogP contribution in [0.5, 0.6) is 0 Å². The van der Waals surface area contributed by atoms with E-state index in [0.29, 0.717) is 12.2 Å². The minimum atomic E-state index is -3.65. The molecule has 0 atom stereocenters. The Morgan fingerprint density at radius 3 is 2.65 bits per heavy atom. The summed E-state index contributed by atoms with van der Waals surface area (Å²) >= 11 is 0. The third-order valence-electron chi connectivity index (χ3n) is 3.53. The highest BCUT2D eigenvalue weighted by atomic mass is 32.2. The third kappa shape index (κ3) is 3.02. The van der Waals surface area contributed by atoms with Crippen molar-refractivity contribution >= 4 is 9.84 Å². The summed E-state index contributed by atoms with van der Waals surface area (Å²) in [5.41, 5.74) is 2.18. The van der Waals surface area contributed by atoms with Crippen LogP contribution in [0.2, 0.25) is 0 Å². The van der Waals surface area contributed by atoms with E-state index in [4.69, 9.17) is 0 Å². The number of hydrogen-bond donors (Lipinski definition) is 0. The van der Waals surface area contributed by atoms with Gasteiger partial charge in [0.2, 0.25) is 9.84 Å². The molecule has 3 aromatic rings. The third-order valence-corrected chi connectivity index (χ3v) is 5.04. The predicted molar refractivity (Wildman–Crippen MR) is 84.9 cm³/mol. The van der Waals surface area contributed by atoms with Crippen molar-refractivity contribution in [2.45, 2.75) is 31.3 Å². The molecule has 0 N–H and O–H groups in total. The highest BCUT2D eigenvalue weighted by molar-refractivity contribution is 7.90. The minimum Gasteiger partial charge on any atom is -0.273 e. The molecule has 0 unspecified atom stereocenters. The molecule has 120 valence electrons. The smallest absolute Gasteiger partial charge is 0.254 e. The van der Waals surface area contributed by atoms with Crippen molar-refractivity contribution in [1.29, 1.82) is 0 Å². The molecule has 0 radical (unpaired) electrons. The van der Waals surface area contributed by atoms with Crippen molar-refractivity contribution in [3.05, 3.63) is 54.1 Å². The van der Waals surface area contributed by atoms with Gasteiger partial charge < -0.3 is 0 Å². The van der Waals surface area contributed by atoms with Gasteiger partial charge in [-0.05, 0) is 31.5 Å². The van der Waals surface area contributed by atoms with E-state index in [0.717, 1.165) is 11.3 Å². The number of hydrogen-bond acceptors (Lipinski definition) is 5. The number of benzene rings is 1. The second kappa shape index (κ2) is 5.96. The Labute approximate surface area is 134 Å². The Bertz CT molecular complexity index is 927. The van der Waals surface area contributed by atoms with Crippen LogP contribution in [0, 0.1) is 6.92 Å². The molecule has 0 amide bonds. The van der Waals surface area contributed by atoms with Crippen LogP contribution in [0.1, 0.15) is 18.2 Å². The highest BCUT2D eigenvalue weighted by Gasteiger charge is 2.24. The lowest BCUT2D eigenvalue weighted by Gasteiger charge is -2.09. The molecule has 0 spiro atoms. The summed E-state index contributed by atoms with van der Waals surface area (Å²) in [6, 6.07) is 9.20. The molecule has 0 fully saturated rings. The molecule has 0 saturated heterocycles. The monoisotopic (exact) mass is 331 g/mol. The van der Waals surface area contributed by atoms with E-state index in [9.17, 15) is 8.42 Å². The molecule has 2 aromatic heterocycles. The lowest BCUT2D eigenvalue weighted by atomic mass is 10.2. The maximum atomic E-state index is 12.7. The van der Waals surface area contributed by atoms with Crippen LogP contribution in [-0.2, 0) is 22.1 Å². The van der Waals surface area contributed by atoms with Crippen molar-refractivity contribution in [1.82, 2.24) is 24.5 Å². The SMILES string of the molecule is CCn1ccc(CS(=O)(=O)c2nncn2-c2ccccc2C)n1. The molecule has 8 heteroatoms. The minimum absolute atomic E-state index is 0.0714. The van der Waals surface area contributed by atoms with Gasteiger partial charge in [-0.25, -0.2) is 8.42 Å². The molecular weight excluding hydrogens is 314 g/mol. The number of nitrogens with zero attached hydrogens (tertiary/aromatic N) is 5. The molecule has 23 heavy (non-hydrogen) atoms. The maximum Gasteiger partial charge on any atom is 0.254 e. The van der Waals surface area contributed by atoms with E-state index in [2.05, 4.69) is 15.3 Å². The van der Waals surface area contributed by atoms with Gasteiger partial charge in [0.1, 0.15) is 12.1 Å². The van der Waals surface area contributed by atoms with Crippen LogP contribution in [0.15, 0.2) is 48.0 Å². The first kappa shape index (κ1) is 15.4. The van der Waals surface area contributed by atoms with E-state index in [-0.39, 0.29) is 10.9 Å². The largest absolute Gasteiger partial charge is 0.273 e. The zero-order chi connectivity index (χ0) is 16.4. The molecule has 1 aromatic carbocycles. The lowest BCUT2D eigenvalue weighted by Crippen LogP contribution is -2.13. The molecule has 0 saturated carbocycles. The Balaban J connectivity index is 1.99. The van der Waals surface area contributed by atoms with Gasteiger partial charge in [-0.3, -0.25) is 9.25 Å². The summed E-state index contributed by atoms with van der Waals surface area (Å²) in [6.45, 7) is 4.55. The first-order valence-corrected chi connectivity index (χ1v) is 8.87. The molecule has 0 aliphatic heterocycles. The van der Waals surface area contributed by atoms with Gasteiger partial charge in [-0.2, -0.15) is 5.10 Å². The van der Waals surface area contributed by atoms with Crippen molar-refractivity contribution in [2.24, 2.45) is 0 Å². The van der Waals surface area contributed by atoms with E-state index < -0.39 is 9.84 Å². The summed E-state index contributed by atoms with van der Waals surface area (Å²) < 4.78 is 28.6. The predicted octanol–water partition coefficient (Wildman–Crippen LogP) is 1.77. The number of aryl methyl sites for hydroxylation is 2. The van der Waals surface area contributed by atoms with Crippen LogP contribution in [0.4, 0.5) is 0 Å². The number of rotatable bonds is 5. The average Bonchev–Trinajstić information content (AvgIpc) is 3.16. The molecule has 2 heterocycles. The fourth-order valence-corrected chi connectivity index (χ4v) is 3.64. The van der Waals surface area contributed by atoms with E-state index in [1.165, 1.54) is 10.9 Å². The first-order valence-electron chi connectivity index (χ1n) is 7.22. The summed E-state index contributed by atoms with van der Waals surface area (Å²) in [6.07, 6.45) is 3.18. The maximum absolute atomic E-state index is 12.7. The Morgan fingerprint density at radius 2 is 1.96 bits per heavy atom. The zero-order valence-electron chi connectivity index (χ0n) is 12.9. The summed E-state index contributed by atoms with van der Waals surface area (Å²) in [5, 5.41) is 11.7. The Hall–Kier alpha value is -2.48. The average molecular weight is 331 g/mol. The Morgan fingerprint density at radius 1 is 1.17 bits per heavy atom. The van der Waals surface area contributed by atoms with E-state index in [1.807, 2.05) is 38.1 Å². The summed E-state index contributed by atoms with van der Waals surface area (Å²) in [5.74, 6) is -0.204. The molecular formula is C15H17N5O2S. The topological polar surface area (TPSA) is 82.7 Å². The van der Waals surface area contributed by atoms with E-state index in [1.54, 1.807) is 16.9 Å². The van der Waals surface area contributed by atoms with Crippen molar-refractivity contribution in [2.75, 3.05) is 0 Å². The number of para-hydroxylation sites is 1. The number of sulfone groups is 1. The van der Waals surface area contributed by atoms with Gasteiger partial charge in [-0.15, -0.1) is 10.2 Å². The van der Waals surface area contributed by atoms with Gasteiger partial charge in [0.15, 0.2) is 0 Å². The lowest BCUT2D eigenvalue weighted by molar-refractivity contribution is 0.580. The van der Waals surface area contributed by atoms with Crippen molar-refractivity contribution in [3.8, 4) is 5.69 Å². The standard InChI is InChI=1S/C15H17N5O2S/c1-3-19-9-8-13(18-19)10-23(21,22)15-17-16-11-20(15)14-7-5-4-6-12(14)2/h4-9,11H,3,10H2,1-2H3. The van der Waals surface area contributed by atoms with Gasteiger partial charge >= 0.3 is 0 Å². The first-order chi connectivity index (χ1) is 11.0. The van der Waals surface area contributed by atoms with Crippen LogP contribution < -0.4 is 0 Å². The van der Waals surface area contributed by atoms with Crippen molar-refractivity contribution < 1.29 is 8.42 Å². The van der Waals surface area contributed by atoms with Crippen LogP contribution >= 0.6 is 0 Å². The molecule has 0 aliphatic carbocycles. The van der Waals surface area contributed by atoms with Gasteiger partial charge in [0, 0.05) is 12.7 Å². The quantitative estimate of drug-likeness (QED) is 0.711. The highest BCUT2D eigenvalue weighted by Crippen LogP contribution is 2.20. The van der Waals surface area contributed by atoms with Gasteiger partial charge in [-0.1, -0.05) is 18.2 Å². The summed E-state index contributed by atoms with van der Waals surface area (Å²) in [4.78, 5) is 0. The second-order valence-corrected chi connectivity index (χ2v) is 7.08. The molecule has 3 rings (SSSR count). The van der Waals surface area contributed by atoms with E-state index >= 15 is 0 Å². The molecule has 0 bridgehead atoms. The van der Waals surface area contributed by atoms with Crippen LogP contribution in [-0.4, -0.2) is 33.0 Å². The van der Waals surface area contributed by atoms with Gasteiger partial charge in [0.25, 0.3) is 5.16 Å². The Kier molecular flexibility index (Phi) is 3.99. The molecule has 7 nitrogen and oxygen atoms in total. The zero-order valence-corrected chi connectivity index (χ0v) is 13.7.